The molecule has 0 spiro atoms. The highest BCUT2D eigenvalue weighted by Crippen LogP contribution is 2.35. The van der Waals surface area contributed by atoms with E-state index in [0.717, 1.165) is 16.7 Å². The number of nitrogens with zero attached hydrogens (tertiary/aromatic N) is 1. The first-order chi connectivity index (χ1) is 17.3. The van der Waals surface area contributed by atoms with Gasteiger partial charge < -0.3 is 14.8 Å². The Hall–Kier alpha value is -3.46. The first kappa shape index (κ1) is 25.6. The van der Waals surface area contributed by atoms with Crippen molar-refractivity contribution in [2.75, 3.05) is 19.0 Å². The van der Waals surface area contributed by atoms with Crippen LogP contribution in [0.1, 0.15) is 11.1 Å². The van der Waals surface area contributed by atoms with E-state index >= 15 is 0 Å². The number of ether oxygens (including phenoxy) is 2. The van der Waals surface area contributed by atoms with Gasteiger partial charge >= 0.3 is 0 Å². The van der Waals surface area contributed by atoms with Crippen molar-refractivity contribution < 1.29 is 23.9 Å². The molecule has 1 saturated heterocycles. The minimum atomic E-state index is -0.409. The average molecular weight is 543 g/mol. The number of anilines is 1. The molecule has 1 N–H and O–H groups in total. The zero-order valence-corrected chi connectivity index (χ0v) is 21.3. The lowest BCUT2D eigenvalue weighted by molar-refractivity contribution is -0.123. The number of hydrogen-bond acceptors (Lipinski definition) is 6. The van der Waals surface area contributed by atoms with Gasteiger partial charge in [0.25, 0.3) is 17.1 Å². The van der Waals surface area contributed by atoms with Gasteiger partial charge in [-0.2, -0.15) is 0 Å². The summed E-state index contributed by atoms with van der Waals surface area (Å²) < 4.78 is 11.0. The van der Waals surface area contributed by atoms with Gasteiger partial charge in [0.15, 0.2) is 18.1 Å². The van der Waals surface area contributed by atoms with Gasteiger partial charge in [0, 0.05) is 5.69 Å². The monoisotopic (exact) mass is 542 g/mol. The fraction of sp³-hybridized carbons (Fsp3) is 0.115. The third-order valence-electron chi connectivity index (χ3n) is 5.10. The van der Waals surface area contributed by atoms with Crippen LogP contribution >= 0.6 is 35.0 Å². The Morgan fingerprint density at radius 2 is 1.78 bits per heavy atom. The number of benzene rings is 3. The Morgan fingerprint density at radius 3 is 2.50 bits per heavy atom. The fourth-order valence-electron chi connectivity index (χ4n) is 3.36. The number of carbonyl (C=O) groups excluding carboxylic acids is 3. The molecule has 0 bridgehead atoms. The van der Waals surface area contributed by atoms with Gasteiger partial charge in [0.05, 0.1) is 28.6 Å². The third kappa shape index (κ3) is 6.20. The molecule has 1 fully saturated rings. The van der Waals surface area contributed by atoms with Gasteiger partial charge in [0.2, 0.25) is 0 Å². The van der Waals surface area contributed by atoms with Crippen LogP contribution < -0.4 is 14.8 Å². The molecule has 4 rings (SSSR count). The molecule has 0 radical (unpaired) electrons. The third-order valence-corrected chi connectivity index (χ3v) is 6.75. The van der Waals surface area contributed by atoms with Gasteiger partial charge in [-0.05, 0) is 65.4 Å². The van der Waals surface area contributed by atoms with Crippen LogP contribution in [-0.4, -0.2) is 35.7 Å². The lowest BCUT2D eigenvalue weighted by Crippen LogP contribution is -2.27. The molecule has 0 aliphatic carbocycles. The van der Waals surface area contributed by atoms with Crippen LogP contribution in [-0.2, 0) is 16.1 Å². The first-order valence-electron chi connectivity index (χ1n) is 10.7. The normalized spacial score (nSPS) is 14.3. The van der Waals surface area contributed by atoms with Crippen molar-refractivity contribution in [1.29, 1.82) is 0 Å². The molecular weight excluding hydrogens is 523 g/mol. The van der Waals surface area contributed by atoms with Gasteiger partial charge in [-0.15, -0.1) is 0 Å². The first-order valence-corrected chi connectivity index (χ1v) is 12.3. The number of rotatable bonds is 8. The fourth-order valence-corrected chi connectivity index (χ4v) is 4.52. The van der Waals surface area contributed by atoms with Crippen molar-refractivity contribution in [3.05, 3.63) is 92.8 Å². The second-order valence-electron chi connectivity index (χ2n) is 7.63. The standard InChI is InChI=1S/C26H20Cl2N2O5S/c1-34-22-12-16(8-10-21(22)35-15-24(31)29-18-5-3-2-4-6-18)13-23-25(32)30(26(33)36-23)14-17-7-9-19(27)20(28)11-17/h2-13H,14-15H2,1H3,(H,29,31)/b23-13-. The average Bonchev–Trinajstić information content (AvgIpc) is 3.13. The highest BCUT2D eigenvalue weighted by atomic mass is 35.5. The number of imide groups is 1. The molecule has 184 valence electrons. The molecule has 3 aromatic rings. The summed E-state index contributed by atoms with van der Waals surface area (Å²) in [5, 5.41) is 3.11. The van der Waals surface area contributed by atoms with Gasteiger partial charge in [-0.1, -0.05) is 53.5 Å². The van der Waals surface area contributed by atoms with E-state index in [1.165, 1.54) is 7.11 Å². The van der Waals surface area contributed by atoms with Gasteiger partial charge in [0.1, 0.15) is 0 Å². The molecule has 0 atom stereocenters. The molecule has 7 nitrogen and oxygen atoms in total. The number of hydrogen-bond donors (Lipinski definition) is 1. The number of carbonyl (C=O) groups is 3. The maximum absolute atomic E-state index is 12.9. The molecule has 36 heavy (non-hydrogen) atoms. The smallest absolute Gasteiger partial charge is 0.293 e. The van der Waals surface area contributed by atoms with E-state index in [4.69, 9.17) is 32.7 Å². The SMILES string of the molecule is COc1cc(/C=C2\SC(=O)N(Cc3ccc(Cl)c(Cl)c3)C2=O)ccc1OCC(=O)Nc1ccccc1. The lowest BCUT2D eigenvalue weighted by atomic mass is 10.1. The van der Waals surface area contributed by atoms with E-state index in [-0.39, 0.29) is 29.2 Å². The summed E-state index contributed by atoms with van der Waals surface area (Å²) in [6.45, 7) is -0.127. The van der Waals surface area contributed by atoms with E-state index in [1.807, 2.05) is 18.2 Å². The highest BCUT2D eigenvalue weighted by molar-refractivity contribution is 8.18. The molecule has 1 aliphatic rings. The summed E-state index contributed by atoms with van der Waals surface area (Å²) in [6.07, 6.45) is 1.61. The topological polar surface area (TPSA) is 84.9 Å². The van der Waals surface area contributed by atoms with Crippen LogP contribution in [0.3, 0.4) is 0 Å². The Labute approximate surface area is 222 Å². The Morgan fingerprint density at radius 1 is 1.00 bits per heavy atom. The number of thioether (sulfide) groups is 1. The molecular formula is C26H20Cl2N2O5S. The van der Waals surface area contributed by atoms with Crippen LogP contribution in [0.15, 0.2) is 71.6 Å². The number of amides is 3. The van der Waals surface area contributed by atoms with Crippen molar-refractivity contribution in [2.45, 2.75) is 6.54 Å². The predicted octanol–water partition coefficient (Wildman–Crippen LogP) is 6.26. The van der Waals surface area contributed by atoms with Crippen LogP contribution in [0, 0.1) is 0 Å². The van der Waals surface area contributed by atoms with E-state index in [2.05, 4.69) is 5.32 Å². The summed E-state index contributed by atoms with van der Waals surface area (Å²) in [4.78, 5) is 39.0. The summed E-state index contributed by atoms with van der Waals surface area (Å²) in [5.41, 5.74) is 1.99. The largest absolute Gasteiger partial charge is 0.493 e. The molecule has 1 heterocycles. The second kappa shape index (κ2) is 11.5. The summed E-state index contributed by atoms with van der Waals surface area (Å²) in [7, 11) is 1.47. The number of halogens is 2. The molecule has 3 aromatic carbocycles. The van der Waals surface area contributed by atoms with Crippen molar-refractivity contribution in [3.8, 4) is 11.5 Å². The number of nitrogens with one attached hydrogen (secondary N) is 1. The van der Waals surface area contributed by atoms with Crippen LogP contribution in [0.25, 0.3) is 6.08 Å². The van der Waals surface area contributed by atoms with E-state index in [9.17, 15) is 14.4 Å². The minimum absolute atomic E-state index is 0.0834. The van der Waals surface area contributed by atoms with E-state index < -0.39 is 5.91 Å². The highest BCUT2D eigenvalue weighted by Gasteiger charge is 2.35. The summed E-state index contributed by atoms with van der Waals surface area (Å²) in [5.74, 6) is 0.0211. The molecule has 10 heteroatoms. The molecule has 0 saturated carbocycles. The van der Waals surface area contributed by atoms with E-state index in [0.29, 0.717) is 38.4 Å². The van der Waals surface area contributed by atoms with Gasteiger partial charge in [-0.25, -0.2) is 0 Å². The second-order valence-corrected chi connectivity index (χ2v) is 9.44. The number of para-hydroxylation sites is 1. The minimum Gasteiger partial charge on any atom is -0.493 e. The molecule has 0 unspecified atom stereocenters. The maximum atomic E-state index is 12.9. The zero-order chi connectivity index (χ0) is 25.7. The Bertz CT molecular complexity index is 1350. The van der Waals surface area contributed by atoms with Crippen LogP contribution in [0.4, 0.5) is 10.5 Å². The van der Waals surface area contributed by atoms with Crippen molar-refractivity contribution in [1.82, 2.24) is 4.90 Å². The van der Waals surface area contributed by atoms with E-state index in [1.54, 1.807) is 54.6 Å². The quantitative estimate of drug-likeness (QED) is 0.338. The number of methoxy groups -OCH3 is 1. The summed E-state index contributed by atoms with van der Waals surface area (Å²) >= 11 is 12.8. The molecule has 3 amide bonds. The lowest BCUT2D eigenvalue weighted by Gasteiger charge is -2.13. The summed E-state index contributed by atoms with van der Waals surface area (Å²) in [6, 6.07) is 19.0. The maximum Gasteiger partial charge on any atom is 0.293 e. The van der Waals surface area contributed by atoms with Gasteiger partial charge in [-0.3, -0.25) is 19.3 Å². The Balaban J connectivity index is 1.43. The van der Waals surface area contributed by atoms with Crippen molar-refractivity contribution in [2.24, 2.45) is 0 Å². The molecule has 0 aromatic heterocycles. The molecule has 1 aliphatic heterocycles. The predicted molar refractivity (Wildman–Crippen MR) is 142 cm³/mol. The van der Waals surface area contributed by atoms with Crippen LogP contribution in [0.5, 0.6) is 11.5 Å². The Kier molecular flexibility index (Phi) is 8.20. The zero-order valence-electron chi connectivity index (χ0n) is 19.0. The van der Waals surface area contributed by atoms with Crippen LogP contribution in [0.2, 0.25) is 10.0 Å². The van der Waals surface area contributed by atoms with Crippen molar-refractivity contribution >= 4 is 63.8 Å². The van der Waals surface area contributed by atoms with Crippen molar-refractivity contribution in [3.63, 3.8) is 0 Å².